The van der Waals surface area contributed by atoms with Gasteiger partial charge in [-0.1, -0.05) is 77.0 Å². The summed E-state index contributed by atoms with van der Waals surface area (Å²) >= 11 is 0. The van der Waals surface area contributed by atoms with E-state index in [-0.39, 0.29) is 46.3 Å². The minimum atomic E-state index is -1.14. The SMILES string of the molecule is CC1(C)COC(=O)C1O.CCC1(C2(C(=O)OC(=O)/C=C(\OC(=O)C3CC4C=CC3C4)C(=O)OC(=O)C3(C4(CC)CC5CC4C4CCCC54)CC4C=CC3C4)CC3C=CC2C3)CC2CC1C1CCCC21. The number of hydrogen-bond donors (Lipinski definition) is 1. The number of carbonyl (C=O) groups is 6. The normalized spacial score (nSPS) is 48.8. The summed E-state index contributed by atoms with van der Waals surface area (Å²) in [6.45, 7) is 8.38. The molecule has 11 nitrogen and oxygen atoms in total. The van der Waals surface area contributed by atoms with Gasteiger partial charge in [0.1, 0.15) is 0 Å². The minimum absolute atomic E-state index is 0.0000973. The fourth-order valence-electron chi connectivity index (χ4n) is 20.4. The van der Waals surface area contributed by atoms with Crippen LogP contribution in [0.25, 0.3) is 0 Å². The van der Waals surface area contributed by atoms with E-state index in [1.54, 1.807) is 13.8 Å². The second-order valence-electron chi connectivity index (χ2n) is 25.7. The van der Waals surface area contributed by atoms with Gasteiger partial charge in [0.2, 0.25) is 5.76 Å². The van der Waals surface area contributed by atoms with E-state index in [4.69, 9.17) is 19.3 Å². The van der Waals surface area contributed by atoms with Crippen molar-refractivity contribution >= 4 is 35.8 Å². The monoisotopic (exact) mass is 947 g/mol. The Morgan fingerprint density at radius 3 is 1.61 bits per heavy atom. The Labute approximate surface area is 407 Å². The van der Waals surface area contributed by atoms with Crippen molar-refractivity contribution < 1.29 is 52.8 Å². The maximum atomic E-state index is 15.1. The molecule has 0 aromatic heterocycles. The molecule has 372 valence electrons. The highest BCUT2D eigenvalue weighted by molar-refractivity contribution is 6.04. The van der Waals surface area contributed by atoms with Gasteiger partial charge in [-0.3, -0.25) is 14.4 Å². The molecule has 69 heavy (non-hydrogen) atoms. The van der Waals surface area contributed by atoms with Gasteiger partial charge in [0.05, 0.1) is 29.4 Å². The van der Waals surface area contributed by atoms with Gasteiger partial charge in [-0.2, -0.15) is 0 Å². The summed E-state index contributed by atoms with van der Waals surface area (Å²) < 4.78 is 22.5. The van der Waals surface area contributed by atoms with E-state index in [0.717, 1.165) is 75.7 Å². The number of rotatable bonds is 10. The van der Waals surface area contributed by atoms with Gasteiger partial charge >= 0.3 is 35.8 Å². The van der Waals surface area contributed by atoms with Crippen molar-refractivity contribution in [3.63, 3.8) is 0 Å². The number of fused-ring (bicyclic) bond motifs is 16. The standard InChI is InChI=1S/C52H64O8.C6H10O3/c1-3-49(26-32-21-41(49)38-9-5-7-36(32)38)51(24-29-12-15-34(51)18-29)47(56)59-44(53)23-43(58-45(54)40-20-28-11-14-31(40)17-28)46(55)60-48(57)52(25-30-13-16-35(52)19-30)50(4-2)27-33-22-42(50)39-10-6-8-37(33)39;1-6(2)3-9-5(8)4(6)7/h11-16,23,28-42H,3-10,17-22,24-27H2,1-2H3;4,7H,3H2,1-2H3/b43-23-;. The van der Waals surface area contributed by atoms with Gasteiger partial charge in [0.25, 0.3) is 0 Å². The minimum Gasteiger partial charge on any atom is -0.463 e. The molecule has 10 bridgehead atoms. The highest BCUT2D eigenvalue weighted by atomic mass is 16.6. The van der Waals surface area contributed by atoms with Gasteiger partial charge in [0.15, 0.2) is 6.10 Å². The molecular weight excluding hydrogens is 873 g/mol. The first-order chi connectivity index (χ1) is 33.1. The van der Waals surface area contributed by atoms with Crippen LogP contribution in [-0.4, -0.2) is 53.6 Å². The fourth-order valence-corrected chi connectivity index (χ4v) is 20.4. The molecule has 1 N–H and O–H groups in total. The number of aliphatic hydroxyl groups excluding tert-OH is 1. The maximum Gasteiger partial charge on any atom is 0.382 e. The molecular formula is C58H74O11. The Balaban J connectivity index is 0.000000495. The lowest BCUT2D eigenvalue weighted by atomic mass is 9.48. The van der Waals surface area contributed by atoms with Crippen molar-refractivity contribution in [2.24, 2.45) is 116 Å². The van der Waals surface area contributed by atoms with Crippen LogP contribution >= 0.6 is 0 Å². The van der Waals surface area contributed by atoms with Gasteiger partial charge in [-0.15, -0.1) is 0 Å². The molecule has 0 amide bonds. The lowest BCUT2D eigenvalue weighted by Crippen LogP contribution is -2.56. The summed E-state index contributed by atoms with van der Waals surface area (Å²) in [6, 6.07) is 0. The van der Waals surface area contributed by atoms with Crippen LogP contribution in [0.2, 0.25) is 0 Å². The fraction of sp³-hybridized carbons (Fsp3) is 0.759. The molecule has 1 saturated heterocycles. The Hall–Kier alpha value is -3.86. The molecule has 20 unspecified atom stereocenters. The molecule has 10 fully saturated rings. The van der Waals surface area contributed by atoms with E-state index in [1.165, 1.54) is 38.5 Å². The molecule has 9 saturated carbocycles. The third-order valence-electron chi connectivity index (χ3n) is 23.0. The predicted octanol–water partition coefficient (Wildman–Crippen LogP) is 9.57. The number of ether oxygens (including phenoxy) is 4. The van der Waals surface area contributed by atoms with Crippen molar-refractivity contribution in [2.45, 2.75) is 149 Å². The second kappa shape index (κ2) is 16.3. The van der Waals surface area contributed by atoms with Crippen LogP contribution < -0.4 is 0 Å². The van der Waals surface area contributed by atoms with E-state index in [1.807, 2.05) is 6.08 Å². The molecule has 13 aliphatic rings. The quantitative estimate of drug-likeness (QED) is 0.0555. The zero-order valence-electron chi connectivity index (χ0n) is 41.2. The first-order valence-electron chi connectivity index (χ1n) is 27.4. The van der Waals surface area contributed by atoms with Gasteiger partial charge in [0, 0.05) is 5.41 Å². The van der Waals surface area contributed by atoms with Crippen LogP contribution in [0, 0.1) is 116 Å². The van der Waals surface area contributed by atoms with E-state index in [2.05, 4.69) is 49.0 Å². The van der Waals surface area contributed by atoms with Gasteiger partial charge < -0.3 is 24.1 Å². The Bertz CT molecular complexity index is 2340. The molecule has 20 atom stereocenters. The largest absolute Gasteiger partial charge is 0.463 e. The average Bonchev–Trinajstić information content (AvgIpc) is 4.17. The number of hydrogen-bond acceptors (Lipinski definition) is 11. The topological polar surface area (TPSA) is 160 Å². The van der Waals surface area contributed by atoms with E-state index in [9.17, 15) is 24.0 Å². The van der Waals surface area contributed by atoms with Crippen LogP contribution in [0.4, 0.5) is 0 Å². The zero-order chi connectivity index (χ0) is 48.0. The van der Waals surface area contributed by atoms with Crippen LogP contribution in [-0.2, 0) is 47.7 Å². The van der Waals surface area contributed by atoms with Crippen LogP contribution in [0.5, 0.6) is 0 Å². The lowest BCUT2D eigenvalue weighted by molar-refractivity contribution is -0.185. The second-order valence-corrected chi connectivity index (χ2v) is 25.7. The van der Waals surface area contributed by atoms with Crippen molar-refractivity contribution in [3.05, 3.63) is 48.3 Å². The Morgan fingerprint density at radius 2 is 1.19 bits per heavy atom. The highest BCUT2D eigenvalue weighted by Crippen LogP contribution is 2.78. The van der Waals surface area contributed by atoms with Gasteiger partial charge in [-0.25, -0.2) is 14.4 Å². The Kier molecular flexibility index (Phi) is 10.9. The summed E-state index contributed by atoms with van der Waals surface area (Å²) in [4.78, 5) is 83.3. The number of allylic oxidation sites excluding steroid dienone is 6. The van der Waals surface area contributed by atoms with Crippen molar-refractivity contribution in [3.8, 4) is 0 Å². The summed E-state index contributed by atoms with van der Waals surface area (Å²) in [5.74, 6) is 0.149. The first-order valence-corrected chi connectivity index (χ1v) is 27.4. The molecule has 0 aromatic rings. The van der Waals surface area contributed by atoms with Crippen LogP contribution in [0.1, 0.15) is 143 Å². The van der Waals surface area contributed by atoms with Gasteiger partial charge in [-0.05, 0) is 196 Å². The molecule has 12 aliphatic carbocycles. The lowest BCUT2D eigenvalue weighted by Gasteiger charge is -2.55. The molecule has 11 heteroatoms. The molecule has 0 spiro atoms. The van der Waals surface area contributed by atoms with Crippen molar-refractivity contribution in [1.82, 2.24) is 0 Å². The predicted molar refractivity (Wildman–Crippen MR) is 251 cm³/mol. The van der Waals surface area contributed by atoms with Crippen LogP contribution in [0.3, 0.4) is 0 Å². The van der Waals surface area contributed by atoms with Crippen molar-refractivity contribution in [2.75, 3.05) is 6.61 Å². The maximum absolute atomic E-state index is 15.1. The molecule has 13 rings (SSSR count). The molecule has 0 radical (unpaired) electrons. The van der Waals surface area contributed by atoms with E-state index >= 15 is 4.79 Å². The Morgan fingerprint density at radius 1 is 0.652 bits per heavy atom. The zero-order valence-corrected chi connectivity index (χ0v) is 41.2. The van der Waals surface area contributed by atoms with E-state index < -0.39 is 69.8 Å². The highest BCUT2D eigenvalue weighted by Gasteiger charge is 2.75. The first kappa shape index (κ1) is 46.2. The molecule has 1 heterocycles. The summed E-state index contributed by atoms with van der Waals surface area (Å²) in [7, 11) is 0. The van der Waals surface area contributed by atoms with Crippen molar-refractivity contribution in [1.29, 1.82) is 0 Å². The van der Waals surface area contributed by atoms with Crippen LogP contribution in [0.15, 0.2) is 48.3 Å². The summed E-state index contributed by atoms with van der Waals surface area (Å²) in [5.41, 5.74) is -2.60. The average molecular weight is 947 g/mol. The smallest absolute Gasteiger partial charge is 0.382 e. The third-order valence-corrected chi connectivity index (χ3v) is 23.0. The number of carbonyl (C=O) groups excluding carboxylic acids is 6. The summed E-state index contributed by atoms with van der Waals surface area (Å²) in [6.07, 6.45) is 31.0. The number of esters is 6. The number of aliphatic hydroxyl groups is 1. The third kappa shape index (κ3) is 6.50. The van der Waals surface area contributed by atoms with E-state index in [0.29, 0.717) is 61.4 Å². The summed E-state index contributed by atoms with van der Waals surface area (Å²) in [5, 5.41) is 9.05. The molecule has 0 aromatic carbocycles. The molecule has 1 aliphatic heterocycles. The number of cyclic esters (lactones) is 1.